The average Bonchev–Trinajstić information content (AvgIpc) is 2.81. The van der Waals surface area contributed by atoms with Gasteiger partial charge in [-0.05, 0) is 43.5 Å². The minimum atomic E-state index is -4.63. The summed E-state index contributed by atoms with van der Waals surface area (Å²) >= 11 is 0. The van der Waals surface area contributed by atoms with Gasteiger partial charge in [-0.15, -0.1) is 0 Å². The van der Waals surface area contributed by atoms with Crippen LogP contribution in [0.25, 0.3) is 0 Å². The third-order valence-electron chi connectivity index (χ3n) is 5.37. The lowest BCUT2D eigenvalue weighted by Crippen LogP contribution is -2.42. The molecule has 0 bridgehead atoms. The number of nitrogens with zero attached hydrogens (tertiary/aromatic N) is 2. The van der Waals surface area contributed by atoms with Crippen molar-refractivity contribution in [2.75, 3.05) is 19.7 Å². The third kappa shape index (κ3) is 6.23. The molecule has 0 radical (unpaired) electrons. The number of amides is 1. The highest BCUT2D eigenvalue weighted by atomic mass is 32.2. The average molecular weight is 486 g/mol. The van der Waals surface area contributed by atoms with Crippen molar-refractivity contribution in [1.29, 1.82) is 0 Å². The molecule has 1 saturated heterocycles. The maximum Gasteiger partial charge on any atom is 0.416 e. The summed E-state index contributed by atoms with van der Waals surface area (Å²) in [5, 5.41) is 2.84. The first-order chi connectivity index (χ1) is 15.6. The highest BCUT2D eigenvalue weighted by Crippen LogP contribution is 2.32. The highest BCUT2D eigenvalue weighted by Gasteiger charge is 2.35. The lowest BCUT2D eigenvalue weighted by molar-refractivity contribution is -0.137. The van der Waals surface area contributed by atoms with Gasteiger partial charge in [0.15, 0.2) is 0 Å². The molecule has 3 rings (SSSR count). The normalized spacial score (nSPS) is 15.9. The predicted octanol–water partition coefficient (Wildman–Crippen LogP) is 3.61. The molecule has 1 aromatic heterocycles. The number of halogens is 3. The van der Waals surface area contributed by atoms with Crippen LogP contribution in [0.1, 0.15) is 37.3 Å². The van der Waals surface area contributed by atoms with E-state index in [0.717, 1.165) is 34.5 Å². The Hall–Kier alpha value is -2.66. The molecule has 7 nitrogen and oxygen atoms in total. The monoisotopic (exact) mass is 485 g/mol. The maximum atomic E-state index is 13.0. The zero-order valence-electron chi connectivity index (χ0n) is 18.1. The van der Waals surface area contributed by atoms with Crippen molar-refractivity contribution in [3.63, 3.8) is 0 Å². The van der Waals surface area contributed by atoms with E-state index in [0.29, 0.717) is 18.6 Å². The van der Waals surface area contributed by atoms with Gasteiger partial charge in [0, 0.05) is 37.3 Å². The number of nitrogens with one attached hydrogen (secondary N) is 1. The number of hydrogen-bond acceptors (Lipinski definition) is 5. The van der Waals surface area contributed by atoms with Crippen molar-refractivity contribution >= 4 is 15.9 Å². The van der Waals surface area contributed by atoms with Gasteiger partial charge in [-0.2, -0.15) is 17.5 Å². The van der Waals surface area contributed by atoms with Gasteiger partial charge in [0.2, 0.25) is 21.8 Å². The van der Waals surface area contributed by atoms with E-state index in [4.69, 9.17) is 4.74 Å². The van der Waals surface area contributed by atoms with Crippen LogP contribution in [0.5, 0.6) is 5.88 Å². The van der Waals surface area contributed by atoms with Crippen LogP contribution in [-0.4, -0.2) is 43.3 Å². The van der Waals surface area contributed by atoms with Gasteiger partial charge in [-0.25, -0.2) is 13.4 Å². The van der Waals surface area contributed by atoms with Crippen molar-refractivity contribution < 1.29 is 31.1 Å². The van der Waals surface area contributed by atoms with Crippen molar-refractivity contribution in [2.24, 2.45) is 5.92 Å². The number of ether oxygens (including phenoxy) is 1. The Labute approximate surface area is 191 Å². The Morgan fingerprint density at radius 3 is 2.61 bits per heavy atom. The van der Waals surface area contributed by atoms with Gasteiger partial charge in [0.25, 0.3) is 0 Å². The van der Waals surface area contributed by atoms with Crippen LogP contribution in [0, 0.1) is 5.92 Å². The van der Waals surface area contributed by atoms with E-state index in [9.17, 15) is 26.4 Å². The number of alkyl halides is 3. The molecule has 1 aliphatic rings. The molecule has 2 aromatic rings. The fourth-order valence-corrected chi connectivity index (χ4v) is 5.07. The zero-order valence-corrected chi connectivity index (χ0v) is 19.0. The molecule has 1 fully saturated rings. The lowest BCUT2D eigenvalue weighted by atomic mass is 9.97. The highest BCUT2D eigenvalue weighted by molar-refractivity contribution is 7.89. The van der Waals surface area contributed by atoms with Crippen LogP contribution < -0.4 is 10.1 Å². The molecule has 0 unspecified atom stereocenters. The van der Waals surface area contributed by atoms with E-state index in [1.165, 1.54) is 0 Å². The van der Waals surface area contributed by atoms with E-state index in [2.05, 4.69) is 10.3 Å². The molecule has 180 valence electrons. The van der Waals surface area contributed by atoms with E-state index >= 15 is 0 Å². The minimum absolute atomic E-state index is 0.0500. The first-order valence-electron chi connectivity index (χ1n) is 10.6. The van der Waals surface area contributed by atoms with E-state index in [-0.39, 0.29) is 38.4 Å². The smallest absolute Gasteiger partial charge is 0.416 e. The van der Waals surface area contributed by atoms with Crippen molar-refractivity contribution in [2.45, 2.75) is 43.8 Å². The summed E-state index contributed by atoms with van der Waals surface area (Å²) in [6.07, 6.45) is -1.65. The summed E-state index contributed by atoms with van der Waals surface area (Å²) in [5.74, 6) is -0.146. The molecule has 0 aliphatic carbocycles. The second-order valence-corrected chi connectivity index (χ2v) is 9.68. The van der Waals surface area contributed by atoms with E-state index in [1.807, 2.05) is 13.0 Å². The Morgan fingerprint density at radius 1 is 1.21 bits per heavy atom. The van der Waals surface area contributed by atoms with Gasteiger partial charge in [-0.3, -0.25) is 4.79 Å². The SMILES string of the molecule is CCCOc1ncccc1CNC(=O)C1CCN(S(=O)(=O)c2cccc(C(F)(F)F)c2)CC1. The molecule has 1 aromatic carbocycles. The van der Waals surface area contributed by atoms with Gasteiger partial charge >= 0.3 is 6.18 Å². The Kier molecular flexibility index (Phi) is 7.96. The third-order valence-corrected chi connectivity index (χ3v) is 7.26. The standard InChI is InChI=1S/C22H26F3N3O4S/c1-2-13-32-21-17(5-4-10-26-21)15-27-20(29)16-8-11-28(12-9-16)33(30,31)19-7-3-6-18(14-19)22(23,24)25/h3-7,10,14,16H,2,8-9,11-13,15H2,1H3,(H,27,29). The molecule has 1 N–H and O–H groups in total. The summed E-state index contributed by atoms with van der Waals surface area (Å²) in [7, 11) is -4.09. The van der Waals surface area contributed by atoms with E-state index in [1.54, 1.807) is 12.3 Å². The molecule has 11 heteroatoms. The molecule has 33 heavy (non-hydrogen) atoms. The van der Waals surface area contributed by atoms with Gasteiger partial charge < -0.3 is 10.1 Å². The molecular weight excluding hydrogens is 459 g/mol. The zero-order chi connectivity index (χ0) is 24.1. The second-order valence-electron chi connectivity index (χ2n) is 7.74. The number of benzene rings is 1. The molecule has 0 spiro atoms. The van der Waals surface area contributed by atoms with Crippen molar-refractivity contribution in [3.8, 4) is 5.88 Å². The molecular formula is C22H26F3N3O4S. The summed E-state index contributed by atoms with van der Waals surface area (Å²) in [4.78, 5) is 16.4. The van der Waals surface area contributed by atoms with Gasteiger partial charge in [-0.1, -0.05) is 19.1 Å². The van der Waals surface area contributed by atoms with Gasteiger partial charge in [0.1, 0.15) is 0 Å². The Morgan fingerprint density at radius 2 is 1.94 bits per heavy atom. The number of pyridine rings is 1. The maximum absolute atomic E-state index is 13.0. The van der Waals surface area contributed by atoms with Crippen LogP contribution in [-0.2, 0) is 27.5 Å². The minimum Gasteiger partial charge on any atom is -0.477 e. The molecule has 1 aliphatic heterocycles. The number of piperidine rings is 1. The summed E-state index contributed by atoms with van der Waals surface area (Å²) in [6.45, 7) is 2.82. The van der Waals surface area contributed by atoms with E-state index < -0.39 is 32.6 Å². The van der Waals surface area contributed by atoms with Crippen LogP contribution >= 0.6 is 0 Å². The van der Waals surface area contributed by atoms with Crippen LogP contribution in [0.15, 0.2) is 47.5 Å². The molecule has 0 atom stereocenters. The molecule has 1 amide bonds. The first kappa shape index (κ1) is 25.0. The number of carbonyl (C=O) groups excluding carboxylic acids is 1. The number of rotatable bonds is 8. The Balaban J connectivity index is 1.58. The number of sulfonamides is 1. The molecule has 0 saturated carbocycles. The fourth-order valence-electron chi connectivity index (χ4n) is 3.55. The van der Waals surface area contributed by atoms with Crippen molar-refractivity contribution in [3.05, 3.63) is 53.7 Å². The summed E-state index contributed by atoms with van der Waals surface area (Å²) < 4.78 is 71.2. The number of aromatic nitrogens is 1. The molecule has 2 heterocycles. The van der Waals surface area contributed by atoms with Crippen LogP contribution in [0.3, 0.4) is 0 Å². The van der Waals surface area contributed by atoms with Crippen LogP contribution in [0.4, 0.5) is 13.2 Å². The van der Waals surface area contributed by atoms with Crippen molar-refractivity contribution in [1.82, 2.24) is 14.6 Å². The van der Waals surface area contributed by atoms with Gasteiger partial charge in [0.05, 0.1) is 17.1 Å². The largest absolute Gasteiger partial charge is 0.477 e. The summed E-state index contributed by atoms with van der Waals surface area (Å²) in [6, 6.07) is 7.25. The topological polar surface area (TPSA) is 88.6 Å². The number of hydrogen-bond donors (Lipinski definition) is 1. The summed E-state index contributed by atoms with van der Waals surface area (Å²) in [5.41, 5.74) is -0.278. The first-order valence-corrected chi connectivity index (χ1v) is 12.1. The van der Waals surface area contributed by atoms with Crippen LogP contribution in [0.2, 0.25) is 0 Å². The fraction of sp³-hybridized carbons (Fsp3) is 0.455. The Bertz CT molecular complexity index is 1070. The quantitative estimate of drug-likeness (QED) is 0.617. The number of carbonyl (C=O) groups is 1. The predicted molar refractivity (Wildman–Crippen MR) is 115 cm³/mol. The second kappa shape index (κ2) is 10.5. The lowest BCUT2D eigenvalue weighted by Gasteiger charge is -2.30.